The van der Waals surface area contributed by atoms with Crippen LogP contribution in [0, 0.1) is 5.41 Å². The molecule has 0 unspecified atom stereocenters. The van der Waals surface area contributed by atoms with Crippen LogP contribution in [0.4, 0.5) is 5.69 Å². The maximum absolute atomic E-state index is 11.6. The van der Waals surface area contributed by atoms with Gasteiger partial charge in [0.25, 0.3) is 0 Å². The zero-order valence-corrected chi connectivity index (χ0v) is 11.9. The number of benzene rings is 1. The summed E-state index contributed by atoms with van der Waals surface area (Å²) < 4.78 is 0. The van der Waals surface area contributed by atoms with Gasteiger partial charge in [-0.2, -0.15) is 0 Å². The molecular weight excluding hydrogens is 238 g/mol. The van der Waals surface area contributed by atoms with E-state index >= 15 is 0 Å². The van der Waals surface area contributed by atoms with Crippen LogP contribution >= 0.6 is 0 Å². The molecule has 0 radical (unpaired) electrons. The highest BCUT2D eigenvalue weighted by atomic mass is 16.4. The lowest BCUT2D eigenvalue weighted by atomic mass is 9.85. The van der Waals surface area contributed by atoms with E-state index in [9.17, 15) is 9.90 Å². The van der Waals surface area contributed by atoms with Gasteiger partial charge in [0.15, 0.2) is 0 Å². The van der Waals surface area contributed by atoms with E-state index in [1.165, 1.54) is 5.56 Å². The van der Waals surface area contributed by atoms with E-state index in [-0.39, 0.29) is 0 Å². The Balaban J connectivity index is 2.10. The Morgan fingerprint density at radius 2 is 1.84 bits per heavy atom. The van der Waals surface area contributed by atoms with Crippen molar-refractivity contribution < 1.29 is 9.90 Å². The van der Waals surface area contributed by atoms with Gasteiger partial charge in [0.2, 0.25) is 0 Å². The third-order valence-electron chi connectivity index (χ3n) is 4.34. The molecule has 1 N–H and O–H groups in total. The Hall–Kier alpha value is -1.51. The van der Waals surface area contributed by atoms with E-state index in [1.54, 1.807) is 0 Å². The second-order valence-electron chi connectivity index (χ2n) is 5.67. The van der Waals surface area contributed by atoms with Gasteiger partial charge < -0.3 is 10.0 Å². The topological polar surface area (TPSA) is 40.5 Å². The van der Waals surface area contributed by atoms with Gasteiger partial charge in [-0.25, -0.2) is 0 Å². The summed E-state index contributed by atoms with van der Waals surface area (Å²) in [5.41, 5.74) is 1.87. The van der Waals surface area contributed by atoms with Gasteiger partial charge in [-0.05, 0) is 37.0 Å². The van der Waals surface area contributed by atoms with Crippen LogP contribution < -0.4 is 4.90 Å². The fourth-order valence-electron chi connectivity index (χ4n) is 3.02. The predicted molar refractivity (Wildman–Crippen MR) is 77.6 cm³/mol. The average Bonchev–Trinajstić information content (AvgIpc) is 2.88. The lowest BCUT2D eigenvalue weighted by Gasteiger charge is -2.31. The fraction of sp³-hybridized carbons (Fsp3) is 0.562. The molecule has 0 atom stereocenters. The minimum absolute atomic E-state index is 0.543. The second kappa shape index (κ2) is 5.64. The Morgan fingerprint density at radius 3 is 2.32 bits per heavy atom. The molecule has 1 aliphatic rings. The molecule has 0 spiro atoms. The molecule has 0 heterocycles. The molecule has 0 aromatic heterocycles. The van der Waals surface area contributed by atoms with E-state index in [2.05, 4.69) is 36.1 Å². The van der Waals surface area contributed by atoms with Crippen LogP contribution in [0.1, 0.15) is 38.2 Å². The van der Waals surface area contributed by atoms with E-state index in [0.717, 1.165) is 37.8 Å². The lowest BCUT2D eigenvalue weighted by molar-refractivity contribution is -0.148. The van der Waals surface area contributed by atoms with Crippen molar-refractivity contribution in [3.8, 4) is 0 Å². The van der Waals surface area contributed by atoms with Crippen LogP contribution in [0.5, 0.6) is 0 Å². The summed E-state index contributed by atoms with van der Waals surface area (Å²) in [7, 11) is 1.99. The minimum atomic E-state index is -0.637. The number of rotatable bonds is 5. The van der Waals surface area contributed by atoms with Gasteiger partial charge in [-0.15, -0.1) is 0 Å². The Bertz CT molecular complexity index is 433. The molecule has 0 amide bonds. The SMILES string of the molecule is CCc1ccc(N(C)CC2(C(=O)O)CCCC2)cc1. The van der Waals surface area contributed by atoms with Gasteiger partial charge in [0.05, 0.1) is 5.41 Å². The van der Waals surface area contributed by atoms with Gasteiger partial charge in [0, 0.05) is 19.3 Å². The Morgan fingerprint density at radius 1 is 1.26 bits per heavy atom. The first-order chi connectivity index (χ1) is 9.07. The number of carbonyl (C=O) groups is 1. The number of aryl methyl sites for hydroxylation is 1. The molecule has 19 heavy (non-hydrogen) atoms. The largest absolute Gasteiger partial charge is 0.481 e. The van der Waals surface area contributed by atoms with Crippen molar-refractivity contribution in [1.29, 1.82) is 0 Å². The van der Waals surface area contributed by atoms with Crippen LogP contribution in [0.3, 0.4) is 0 Å². The van der Waals surface area contributed by atoms with Gasteiger partial charge in [0.1, 0.15) is 0 Å². The monoisotopic (exact) mass is 261 g/mol. The molecule has 1 aliphatic carbocycles. The number of anilines is 1. The molecule has 1 aromatic carbocycles. The second-order valence-corrected chi connectivity index (χ2v) is 5.67. The number of nitrogens with zero attached hydrogens (tertiary/aromatic N) is 1. The first-order valence-corrected chi connectivity index (χ1v) is 7.11. The maximum atomic E-state index is 11.6. The number of aliphatic carboxylic acids is 1. The third-order valence-corrected chi connectivity index (χ3v) is 4.34. The summed E-state index contributed by atoms with van der Waals surface area (Å²) in [5, 5.41) is 9.52. The minimum Gasteiger partial charge on any atom is -0.481 e. The highest BCUT2D eigenvalue weighted by Crippen LogP contribution is 2.39. The van der Waals surface area contributed by atoms with Crippen molar-refractivity contribution in [3.05, 3.63) is 29.8 Å². The van der Waals surface area contributed by atoms with Crippen LogP contribution in [-0.2, 0) is 11.2 Å². The normalized spacial score (nSPS) is 17.4. The van der Waals surface area contributed by atoms with Crippen molar-refractivity contribution >= 4 is 11.7 Å². The molecule has 1 saturated carbocycles. The molecule has 2 rings (SSSR count). The standard InChI is InChI=1S/C16H23NO2/c1-3-13-6-8-14(9-7-13)17(2)12-16(15(18)19)10-4-5-11-16/h6-9H,3-5,10-12H2,1-2H3,(H,18,19). The van der Waals surface area contributed by atoms with E-state index in [4.69, 9.17) is 0 Å². The van der Waals surface area contributed by atoms with Crippen molar-refractivity contribution in [2.75, 3.05) is 18.5 Å². The van der Waals surface area contributed by atoms with Crippen molar-refractivity contribution in [1.82, 2.24) is 0 Å². The maximum Gasteiger partial charge on any atom is 0.311 e. The van der Waals surface area contributed by atoms with E-state index in [0.29, 0.717) is 6.54 Å². The van der Waals surface area contributed by atoms with E-state index < -0.39 is 11.4 Å². The molecular formula is C16H23NO2. The summed E-state index contributed by atoms with van der Waals surface area (Å²) >= 11 is 0. The van der Waals surface area contributed by atoms with Crippen molar-refractivity contribution in [2.24, 2.45) is 5.41 Å². The number of carboxylic acids is 1. The molecule has 0 bridgehead atoms. The van der Waals surface area contributed by atoms with Gasteiger partial charge >= 0.3 is 5.97 Å². The molecule has 104 valence electrons. The summed E-state index contributed by atoms with van der Waals surface area (Å²) in [6.07, 6.45) is 4.71. The molecule has 1 aromatic rings. The quantitative estimate of drug-likeness (QED) is 0.883. The first-order valence-electron chi connectivity index (χ1n) is 7.11. The molecule has 3 nitrogen and oxygen atoms in total. The highest BCUT2D eigenvalue weighted by Gasteiger charge is 2.42. The van der Waals surface area contributed by atoms with Crippen LogP contribution in [0.25, 0.3) is 0 Å². The molecule has 1 fully saturated rings. The summed E-state index contributed by atoms with van der Waals surface area (Å²) in [4.78, 5) is 13.6. The molecule has 3 heteroatoms. The third kappa shape index (κ3) is 2.91. The summed E-state index contributed by atoms with van der Waals surface area (Å²) in [5.74, 6) is -0.637. The zero-order valence-electron chi connectivity index (χ0n) is 11.9. The Kier molecular flexibility index (Phi) is 4.13. The smallest absolute Gasteiger partial charge is 0.311 e. The molecule has 0 aliphatic heterocycles. The number of carboxylic acid groups (broad SMARTS) is 1. The average molecular weight is 261 g/mol. The van der Waals surface area contributed by atoms with Crippen LogP contribution in [0.15, 0.2) is 24.3 Å². The van der Waals surface area contributed by atoms with E-state index in [1.807, 2.05) is 7.05 Å². The highest BCUT2D eigenvalue weighted by molar-refractivity contribution is 5.76. The zero-order chi connectivity index (χ0) is 13.9. The number of hydrogen-bond acceptors (Lipinski definition) is 2. The summed E-state index contributed by atoms with van der Waals surface area (Å²) in [6, 6.07) is 8.41. The van der Waals surface area contributed by atoms with Crippen molar-refractivity contribution in [3.63, 3.8) is 0 Å². The van der Waals surface area contributed by atoms with Crippen molar-refractivity contribution in [2.45, 2.75) is 39.0 Å². The van der Waals surface area contributed by atoms with Crippen LogP contribution in [0.2, 0.25) is 0 Å². The first kappa shape index (κ1) is 13.9. The number of hydrogen-bond donors (Lipinski definition) is 1. The Labute approximate surface area is 115 Å². The van der Waals surface area contributed by atoms with Gasteiger partial charge in [-0.3, -0.25) is 4.79 Å². The lowest BCUT2D eigenvalue weighted by Crippen LogP contribution is -2.39. The van der Waals surface area contributed by atoms with Gasteiger partial charge in [-0.1, -0.05) is 31.9 Å². The predicted octanol–water partition coefficient (Wildman–Crippen LogP) is 3.33. The summed E-state index contributed by atoms with van der Waals surface area (Å²) in [6.45, 7) is 2.74. The van der Waals surface area contributed by atoms with Crippen LogP contribution in [-0.4, -0.2) is 24.7 Å². The fourth-order valence-corrected chi connectivity index (χ4v) is 3.02. The molecule has 0 saturated heterocycles.